The Morgan fingerprint density at radius 3 is 0.882 bits per heavy atom. The Hall–Kier alpha value is -3.49. The lowest BCUT2D eigenvalue weighted by atomic mass is 9.70. The van der Waals surface area contributed by atoms with E-state index in [0.717, 1.165) is 33.4 Å². The van der Waals surface area contributed by atoms with E-state index in [0.29, 0.717) is 0 Å². The molecule has 4 aromatic carbocycles. The summed E-state index contributed by atoms with van der Waals surface area (Å²) in [5.74, 6) is 0. The highest BCUT2D eigenvalue weighted by Gasteiger charge is 2.21. The third-order valence-corrected chi connectivity index (χ3v) is 5.67. The third kappa shape index (κ3) is 5.18. The van der Waals surface area contributed by atoms with Crippen LogP contribution in [0.15, 0.2) is 109 Å². The fourth-order valence-electron chi connectivity index (χ4n) is 3.94. The van der Waals surface area contributed by atoms with Gasteiger partial charge in [-0.3, -0.25) is 0 Å². The second kappa shape index (κ2) is 9.40. The van der Waals surface area contributed by atoms with Gasteiger partial charge in [-0.1, -0.05) is 109 Å². The Balaban J connectivity index is 2.01. The van der Waals surface area contributed by atoms with Crippen molar-refractivity contribution in [3.63, 3.8) is 0 Å². The van der Waals surface area contributed by atoms with Crippen molar-refractivity contribution in [2.24, 2.45) is 0 Å². The molecule has 172 valence electrons. The van der Waals surface area contributed by atoms with E-state index in [2.05, 4.69) is 0 Å². The molecule has 0 fully saturated rings. The summed E-state index contributed by atoms with van der Waals surface area (Å²) in [6.45, 7) is -7.23. The van der Waals surface area contributed by atoms with Crippen molar-refractivity contribution in [3.05, 3.63) is 131 Å². The molecule has 8 heteroatoms. The van der Waals surface area contributed by atoms with Crippen molar-refractivity contribution in [2.45, 2.75) is 0 Å². The first kappa shape index (κ1) is 23.7. The first-order valence-electron chi connectivity index (χ1n) is 10.8. The van der Waals surface area contributed by atoms with Gasteiger partial charge in [0.05, 0.1) is 0 Å². The predicted octanol–water partition coefficient (Wildman–Crippen LogP) is 0.940. The van der Waals surface area contributed by atoms with Gasteiger partial charge in [-0.25, -0.2) is 0 Å². The molecular formula is C26H24B2O6-2. The molecule has 0 heterocycles. The summed E-state index contributed by atoms with van der Waals surface area (Å²) in [5, 5.41) is 57.6. The van der Waals surface area contributed by atoms with Gasteiger partial charge in [0.2, 0.25) is 0 Å². The van der Waals surface area contributed by atoms with Crippen LogP contribution in [0.25, 0.3) is 11.1 Å². The molecule has 0 saturated heterocycles. The van der Waals surface area contributed by atoms with Crippen LogP contribution in [-0.4, -0.2) is 43.7 Å². The highest BCUT2D eigenvalue weighted by Crippen LogP contribution is 2.36. The van der Waals surface area contributed by atoms with Crippen molar-refractivity contribution >= 4 is 35.6 Å². The molecule has 6 N–H and O–H groups in total. The lowest BCUT2D eigenvalue weighted by molar-refractivity contribution is 0.248. The fraction of sp³-hybridized carbons (Fsp3) is 0. The minimum atomic E-state index is -3.61. The van der Waals surface area contributed by atoms with Crippen LogP contribution in [0.1, 0.15) is 22.3 Å². The fourth-order valence-corrected chi connectivity index (χ4v) is 3.94. The molecule has 0 radical (unpaired) electrons. The minimum absolute atomic E-state index is 0.00538. The number of hydrogen-bond donors (Lipinski definition) is 6. The quantitative estimate of drug-likeness (QED) is 0.191. The lowest BCUT2D eigenvalue weighted by Crippen LogP contribution is -2.48. The molecule has 0 aliphatic rings. The van der Waals surface area contributed by atoms with Gasteiger partial charge in [-0.15, -0.1) is 10.9 Å². The van der Waals surface area contributed by atoms with E-state index in [9.17, 15) is 30.1 Å². The molecule has 0 bridgehead atoms. The highest BCUT2D eigenvalue weighted by atomic mass is 16.6. The number of benzene rings is 4. The average molecular weight is 454 g/mol. The molecule has 0 amide bonds. The van der Waals surface area contributed by atoms with Crippen molar-refractivity contribution in [2.75, 3.05) is 0 Å². The lowest BCUT2D eigenvalue weighted by Gasteiger charge is -2.24. The Labute approximate surface area is 197 Å². The topological polar surface area (TPSA) is 121 Å². The highest BCUT2D eigenvalue weighted by molar-refractivity contribution is 6.72. The largest absolute Gasteiger partial charge is 0.556 e. The van der Waals surface area contributed by atoms with Gasteiger partial charge < -0.3 is 30.1 Å². The first-order valence-corrected chi connectivity index (χ1v) is 10.8. The Morgan fingerprint density at radius 2 is 0.618 bits per heavy atom. The Kier molecular flexibility index (Phi) is 6.54. The number of hydrogen-bond acceptors (Lipinski definition) is 6. The Bertz CT molecular complexity index is 1170. The second-order valence-electron chi connectivity index (χ2n) is 8.19. The van der Waals surface area contributed by atoms with Crippen LogP contribution in [0.4, 0.5) is 0 Å². The van der Waals surface area contributed by atoms with Gasteiger partial charge in [-0.05, 0) is 33.4 Å². The summed E-state index contributed by atoms with van der Waals surface area (Å²) in [5.41, 5.74) is 5.00. The van der Waals surface area contributed by atoms with Crippen molar-refractivity contribution in [1.82, 2.24) is 0 Å². The van der Waals surface area contributed by atoms with E-state index < -0.39 is 13.5 Å². The summed E-state index contributed by atoms with van der Waals surface area (Å²) in [7, 11) is 0. The van der Waals surface area contributed by atoms with E-state index in [1.54, 1.807) is 24.3 Å². The summed E-state index contributed by atoms with van der Waals surface area (Å²) in [6.07, 6.45) is 0. The molecule has 0 saturated carbocycles. The predicted molar refractivity (Wildman–Crippen MR) is 135 cm³/mol. The van der Waals surface area contributed by atoms with E-state index >= 15 is 0 Å². The second-order valence-corrected chi connectivity index (χ2v) is 8.19. The number of rotatable bonds is 6. The van der Waals surface area contributed by atoms with Gasteiger partial charge in [0.1, 0.15) is 0 Å². The molecule has 34 heavy (non-hydrogen) atoms. The zero-order valence-electron chi connectivity index (χ0n) is 18.2. The molecular weight excluding hydrogens is 430 g/mol. The van der Waals surface area contributed by atoms with Crippen LogP contribution in [0.2, 0.25) is 0 Å². The first-order chi connectivity index (χ1) is 16.1. The van der Waals surface area contributed by atoms with E-state index in [-0.39, 0.29) is 10.9 Å². The van der Waals surface area contributed by atoms with Crippen LogP contribution in [0, 0.1) is 0 Å². The van der Waals surface area contributed by atoms with E-state index in [1.165, 1.54) is 24.3 Å². The minimum Gasteiger partial charge on any atom is -0.556 e. The monoisotopic (exact) mass is 454 g/mol. The van der Waals surface area contributed by atoms with Crippen LogP contribution in [0.3, 0.4) is 0 Å². The normalized spacial score (nSPS) is 12.9. The average Bonchev–Trinajstić information content (AvgIpc) is 2.83. The van der Waals surface area contributed by atoms with Gasteiger partial charge in [0, 0.05) is 0 Å². The van der Waals surface area contributed by atoms with E-state index in [4.69, 9.17) is 0 Å². The standard InChI is InChI=1S/C26H24B2O6/c29-27(30,31)23-15-11-21(12-16-23)25(19-7-3-1-4-8-19)26(20-9-5-2-6-10-20)22-13-17-24(18-14-22)28(32,33)34/h1-18,29-34H/q-2/b26-25+. The van der Waals surface area contributed by atoms with Gasteiger partial charge >= 0.3 is 13.5 Å². The maximum Gasteiger partial charge on any atom is 0.402 e. The third-order valence-electron chi connectivity index (χ3n) is 5.67. The van der Waals surface area contributed by atoms with Crippen LogP contribution in [-0.2, 0) is 0 Å². The van der Waals surface area contributed by atoms with Crippen molar-refractivity contribution in [3.8, 4) is 0 Å². The maximum absolute atomic E-state index is 9.59. The molecule has 4 rings (SSSR count). The van der Waals surface area contributed by atoms with Gasteiger partial charge in [0.15, 0.2) is 0 Å². The molecule has 0 atom stereocenters. The molecule has 0 unspecified atom stereocenters. The Morgan fingerprint density at radius 1 is 0.353 bits per heavy atom. The molecule has 0 aromatic heterocycles. The van der Waals surface area contributed by atoms with Gasteiger partial charge in [-0.2, -0.15) is 0 Å². The molecule has 0 aliphatic carbocycles. The van der Waals surface area contributed by atoms with E-state index in [1.807, 2.05) is 60.7 Å². The summed E-state index contributed by atoms with van der Waals surface area (Å²) < 4.78 is 0. The maximum atomic E-state index is 9.59. The zero-order chi connectivity index (χ0) is 24.3. The van der Waals surface area contributed by atoms with Crippen molar-refractivity contribution < 1.29 is 30.1 Å². The molecule has 0 aliphatic heterocycles. The summed E-state index contributed by atoms with van der Waals surface area (Å²) in [6, 6.07) is 32.0. The van der Waals surface area contributed by atoms with Crippen LogP contribution < -0.4 is 10.9 Å². The van der Waals surface area contributed by atoms with Gasteiger partial charge in [0.25, 0.3) is 0 Å². The summed E-state index contributed by atoms with van der Waals surface area (Å²) in [4.78, 5) is 0. The summed E-state index contributed by atoms with van der Waals surface area (Å²) >= 11 is 0. The smallest absolute Gasteiger partial charge is 0.402 e. The molecule has 6 nitrogen and oxygen atoms in total. The SMILES string of the molecule is O[B-](O)(O)c1ccc(/C(=C(\c2ccccc2)c2ccc([B-](O)(O)O)cc2)c2ccccc2)cc1. The van der Waals surface area contributed by atoms with Crippen molar-refractivity contribution in [1.29, 1.82) is 0 Å². The molecule has 0 spiro atoms. The zero-order valence-corrected chi connectivity index (χ0v) is 18.2. The van der Waals surface area contributed by atoms with Crippen LogP contribution >= 0.6 is 0 Å². The van der Waals surface area contributed by atoms with Crippen LogP contribution in [0.5, 0.6) is 0 Å². The molecule has 4 aromatic rings.